The largest absolute Gasteiger partial charge is 0.376 e. The number of ether oxygens (including phenoxy) is 1. The summed E-state index contributed by atoms with van der Waals surface area (Å²) in [6.07, 6.45) is 5.23. The van der Waals surface area contributed by atoms with E-state index in [-0.39, 0.29) is 0 Å². The minimum atomic E-state index is 0.686. The first-order valence-electron chi connectivity index (χ1n) is 7.16. The summed E-state index contributed by atoms with van der Waals surface area (Å²) in [6.45, 7) is 7.20. The van der Waals surface area contributed by atoms with Crippen LogP contribution in [-0.2, 0) is 17.9 Å². The van der Waals surface area contributed by atoms with E-state index in [1.807, 2.05) is 11.3 Å². The van der Waals surface area contributed by atoms with Crippen molar-refractivity contribution >= 4 is 11.3 Å². The molecule has 0 spiro atoms. The fourth-order valence-electron chi connectivity index (χ4n) is 2.06. The molecule has 0 aromatic carbocycles. The molecule has 0 amide bonds. The Morgan fingerprint density at radius 2 is 2.17 bits per heavy atom. The van der Waals surface area contributed by atoms with Crippen LogP contribution in [0, 0.1) is 5.92 Å². The van der Waals surface area contributed by atoms with Gasteiger partial charge in [0.15, 0.2) is 0 Å². The molecule has 1 atom stereocenters. The monoisotopic (exact) mass is 267 g/mol. The van der Waals surface area contributed by atoms with E-state index in [1.54, 1.807) is 0 Å². The lowest BCUT2D eigenvalue weighted by atomic mass is 10.1. The lowest BCUT2D eigenvalue weighted by Crippen LogP contribution is -2.14. The lowest BCUT2D eigenvalue weighted by molar-refractivity contribution is 0.0911. The third-order valence-corrected chi connectivity index (χ3v) is 4.35. The average molecular weight is 267 g/mol. The van der Waals surface area contributed by atoms with Crippen molar-refractivity contribution in [2.75, 3.05) is 6.61 Å². The van der Waals surface area contributed by atoms with Crippen molar-refractivity contribution in [1.29, 1.82) is 0 Å². The lowest BCUT2D eigenvalue weighted by Gasteiger charge is -2.09. The van der Waals surface area contributed by atoms with Crippen LogP contribution in [0.1, 0.15) is 49.3 Å². The Morgan fingerprint density at radius 3 is 2.89 bits per heavy atom. The van der Waals surface area contributed by atoms with Gasteiger partial charge in [-0.3, -0.25) is 0 Å². The van der Waals surface area contributed by atoms with Crippen LogP contribution in [0.4, 0.5) is 0 Å². The Labute approximate surface area is 115 Å². The SMILES string of the molecule is CCCC(C)COCc1ccc(CNC2CC2)s1. The molecule has 1 aliphatic rings. The predicted octanol–water partition coefficient (Wildman–Crippen LogP) is 3.95. The zero-order chi connectivity index (χ0) is 12.8. The van der Waals surface area contributed by atoms with Crippen molar-refractivity contribution in [3.05, 3.63) is 21.9 Å². The fourth-order valence-corrected chi connectivity index (χ4v) is 2.97. The second-order valence-electron chi connectivity index (χ2n) is 5.43. The first kappa shape index (κ1) is 14.0. The van der Waals surface area contributed by atoms with E-state index in [9.17, 15) is 0 Å². The highest BCUT2D eigenvalue weighted by atomic mass is 32.1. The Kier molecular flexibility index (Phi) is 5.67. The zero-order valence-electron chi connectivity index (χ0n) is 11.6. The van der Waals surface area contributed by atoms with E-state index < -0.39 is 0 Å². The van der Waals surface area contributed by atoms with Gasteiger partial charge in [0.05, 0.1) is 6.61 Å². The summed E-state index contributed by atoms with van der Waals surface area (Å²) in [6, 6.07) is 5.23. The number of hydrogen-bond donors (Lipinski definition) is 1. The van der Waals surface area contributed by atoms with Crippen LogP contribution in [-0.4, -0.2) is 12.6 Å². The zero-order valence-corrected chi connectivity index (χ0v) is 12.4. The maximum absolute atomic E-state index is 5.78. The van der Waals surface area contributed by atoms with Gasteiger partial charge < -0.3 is 10.1 Å². The Morgan fingerprint density at radius 1 is 1.39 bits per heavy atom. The average Bonchev–Trinajstić information content (AvgIpc) is 3.07. The second-order valence-corrected chi connectivity index (χ2v) is 6.69. The fraction of sp³-hybridized carbons (Fsp3) is 0.733. The summed E-state index contributed by atoms with van der Waals surface area (Å²) in [4.78, 5) is 2.79. The van der Waals surface area contributed by atoms with Crippen molar-refractivity contribution in [2.24, 2.45) is 5.92 Å². The number of nitrogens with one attached hydrogen (secondary N) is 1. The van der Waals surface area contributed by atoms with E-state index >= 15 is 0 Å². The third-order valence-electron chi connectivity index (χ3n) is 3.29. The molecular formula is C15H25NOS. The molecule has 3 heteroatoms. The summed E-state index contributed by atoms with van der Waals surface area (Å²) >= 11 is 1.88. The summed E-state index contributed by atoms with van der Waals surface area (Å²) < 4.78 is 5.78. The molecule has 1 aromatic heterocycles. The van der Waals surface area contributed by atoms with Crippen LogP contribution in [0.25, 0.3) is 0 Å². The number of hydrogen-bond acceptors (Lipinski definition) is 3. The standard InChI is InChI=1S/C15H25NOS/c1-3-4-12(2)10-17-11-15-8-7-14(18-15)9-16-13-5-6-13/h7-8,12-13,16H,3-6,9-11H2,1-2H3. The van der Waals surface area contributed by atoms with E-state index in [0.717, 1.165) is 25.8 Å². The van der Waals surface area contributed by atoms with Gasteiger partial charge in [-0.05, 0) is 37.3 Å². The first-order valence-corrected chi connectivity index (χ1v) is 7.98. The molecule has 1 aliphatic carbocycles. The van der Waals surface area contributed by atoms with Gasteiger partial charge in [0.25, 0.3) is 0 Å². The summed E-state index contributed by atoms with van der Waals surface area (Å²) in [5.41, 5.74) is 0. The van der Waals surface area contributed by atoms with Crippen molar-refractivity contribution in [2.45, 2.75) is 58.7 Å². The highest BCUT2D eigenvalue weighted by Crippen LogP contribution is 2.22. The van der Waals surface area contributed by atoms with Gasteiger partial charge in [0, 0.05) is 28.9 Å². The second kappa shape index (κ2) is 7.27. The minimum absolute atomic E-state index is 0.686. The van der Waals surface area contributed by atoms with Crippen LogP contribution in [0.3, 0.4) is 0 Å². The van der Waals surface area contributed by atoms with Crippen LogP contribution >= 0.6 is 11.3 Å². The molecule has 1 fully saturated rings. The van der Waals surface area contributed by atoms with Gasteiger partial charge in [-0.1, -0.05) is 20.3 Å². The highest BCUT2D eigenvalue weighted by molar-refractivity contribution is 7.11. The van der Waals surface area contributed by atoms with Gasteiger partial charge in [-0.25, -0.2) is 0 Å². The molecule has 0 saturated heterocycles. The van der Waals surface area contributed by atoms with Crippen LogP contribution in [0.5, 0.6) is 0 Å². The van der Waals surface area contributed by atoms with Gasteiger partial charge in [-0.15, -0.1) is 11.3 Å². The van der Waals surface area contributed by atoms with Crippen molar-refractivity contribution in [3.8, 4) is 0 Å². The van der Waals surface area contributed by atoms with Gasteiger partial charge in [-0.2, -0.15) is 0 Å². The molecular weight excluding hydrogens is 242 g/mol. The molecule has 1 saturated carbocycles. The van der Waals surface area contributed by atoms with Crippen molar-refractivity contribution in [3.63, 3.8) is 0 Å². The summed E-state index contributed by atoms with van der Waals surface area (Å²) in [5.74, 6) is 0.686. The molecule has 102 valence electrons. The molecule has 2 rings (SSSR count). The molecule has 0 aliphatic heterocycles. The minimum Gasteiger partial charge on any atom is -0.376 e. The van der Waals surface area contributed by atoms with Crippen LogP contribution < -0.4 is 5.32 Å². The van der Waals surface area contributed by atoms with Gasteiger partial charge >= 0.3 is 0 Å². The quantitative estimate of drug-likeness (QED) is 0.731. The maximum Gasteiger partial charge on any atom is 0.0809 e. The summed E-state index contributed by atoms with van der Waals surface area (Å²) in [5, 5.41) is 3.55. The van der Waals surface area contributed by atoms with Crippen molar-refractivity contribution < 1.29 is 4.74 Å². The van der Waals surface area contributed by atoms with Crippen LogP contribution in [0.2, 0.25) is 0 Å². The topological polar surface area (TPSA) is 21.3 Å². The Hall–Kier alpha value is -0.380. The Bertz CT molecular complexity index is 346. The highest BCUT2D eigenvalue weighted by Gasteiger charge is 2.20. The van der Waals surface area contributed by atoms with E-state index in [4.69, 9.17) is 4.74 Å². The predicted molar refractivity (Wildman–Crippen MR) is 77.9 cm³/mol. The summed E-state index contributed by atoms with van der Waals surface area (Å²) in [7, 11) is 0. The van der Waals surface area contributed by atoms with E-state index in [2.05, 4.69) is 31.3 Å². The Balaban J connectivity index is 1.62. The number of thiophene rings is 1. The number of rotatable bonds is 9. The molecule has 1 unspecified atom stereocenters. The molecule has 1 aromatic rings. The van der Waals surface area contributed by atoms with E-state index in [0.29, 0.717) is 5.92 Å². The molecule has 0 radical (unpaired) electrons. The molecule has 0 bridgehead atoms. The van der Waals surface area contributed by atoms with Crippen molar-refractivity contribution in [1.82, 2.24) is 5.32 Å². The molecule has 2 nitrogen and oxygen atoms in total. The smallest absolute Gasteiger partial charge is 0.0809 e. The molecule has 18 heavy (non-hydrogen) atoms. The molecule has 1 heterocycles. The van der Waals surface area contributed by atoms with Gasteiger partial charge in [0.1, 0.15) is 0 Å². The normalized spacial score (nSPS) is 17.0. The maximum atomic E-state index is 5.78. The third kappa shape index (κ3) is 5.09. The molecule has 1 N–H and O–H groups in total. The first-order chi connectivity index (χ1) is 8.78. The van der Waals surface area contributed by atoms with Gasteiger partial charge in [0.2, 0.25) is 0 Å². The van der Waals surface area contributed by atoms with Crippen LogP contribution in [0.15, 0.2) is 12.1 Å². The van der Waals surface area contributed by atoms with E-state index in [1.165, 1.54) is 35.4 Å².